The van der Waals surface area contributed by atoms with Crippen LogP contribution >= 0.6 is 0 Å². The summed E-state index contributed by atoms with van der Waals surface area (Å²) in [4.78, 5) is 39.3. The minimum Gasteiger partial charge on any atom is -0.378 e. The summed E-state index contributed by atoms with van der Waals surface area (Å²) in [6.45, 7) is 2.23. The summed E-state index contributed by atoms with van der Waals surface area (Å²) in [5.41, 5.74) is 0.991. The fraction of sp³-hybridized carbons (Fsp3) is 0.480. The van der Waals surface area contributed by atoms with Gasteiger partial charge in [-0.2, -0.15) is 9.97 Å². The lowest BCUT2D eigenvalue weighted by atomic mass is 9.86. The van der Waals surface area contributed by atoms with Gasteiger partial charge in [0.05, 0.1) is 24.2 Å². The molecule has 4 heterocycles. The van der Waals surface area contributed by atoms with Crippen molar-refractivity contribution in [2.45, 2.75) is 50.2 Å². The van der Waals surface area contributed by atoms with E-state index in [2.05, 4.69) is 25.9 Å². The van der Waals surface area contributed by atoms with Gasteiger partial charge in [-0.15, -0.1) is 0 Å². The average molecular weight is 527 g/mol. The summed E-state index contributed by atoms with van der Waals surface area (Å²) in [6, 6.07) is 8.18. The summed E-state index contributed by atoms with van der Waals surface area (Å²) in [6.07, 6.45) is -0.560. The van der Waals surface area contributed by atoms with Crippen LogP contribution in [0.2, 0.25) is 0 Å². The fourth-order valence-corrected chi connectivity index (χ4v) is 5.12. The van der Waals surface area contributed by atoms with Crippen molar-refractivity contribution in [3.8, 4) is 5.82 Å². The molecule has 3 N–H and O–H groups in total. The molecule has 2 saturated heterocycles. The lowest BCUT2D eigenvalue weighted by Crippen LogP contribution is -2.53. The van der Waals surface area contributed by atoms with Gasteiger partial charge in [-0.1, -0.05) is 12.1 Å². The zero-order chi connectivity index (χ0) is 26.2. The number of fused-ring (bicyclic) bond motifs is 1. The number of carbonyl (C=O) groups excluding carboxylic acids is 2. The van der Waals surface area contributed by atoms with Crippen molar-refractivity contribution in [1.82, 2.24) is 30.2 Å². The third-order valence-electron chi connectivity index (χ3n) is 7.15. The standard InChI is InChI=1S/C25H28F2N8O3/c26-22(27)23-31-16-3-1-2-4-18(16)35(23)20-13-19(32-25(33-20)34-7-9-38-10-8-34)28-14-11-15(12-14)29-24(37)17-5-6-21(36)30-17/h1-4,13-15,17,22H,5-12H2,(H,29,37)(H,30,36)(H,28,32,33)/t14-,15-,17-/m0/s1. The lowest BCUT2D eigenvalue weighted by Gasteiger charge is -2.37. The smallest absolute Gasteiger partial charge is 0.296 e. The first-order valence-corrected chi connectivity index (χ1v) is 12.8. The van der Waals surface area contributed by atoms with Gasteiger partial charge in [0.15, 0.2) is 5.82 Å². The van der Waals surface area contributed by atoms with Gasteiger partial charge in [0.2, 0.25) is 17.8 Å². The van der Waals surface area contributed by atoms with Crippen LogP contribution < -0.4 is 20.9 Å². The molecule has 3 aliphatic rings. The van der Waals surface area contributed by atoms with Gasteiger partial charge in [-0.3, -0.25) is 14.2 Å². The number of nitrogens with zero attached hydrogens (tertiary/aromatic N) is 5. The molecule has 3 fully saturated rings. The molecule has 0 bridgehead atoms. The summed E-state index contributed by atoms with van der Waals surface area (Å²) >= 11 is 0. The Balaban J connectivity index is 1.24. The van der Waals surface area contributed by atoms with Crippen molar-refractivity contribution in [2.24, 2.45) is 0 Å². The SMILES string of the molecule is O=C1CC[C@@H](C(=O)N[C@H]2C[C@H](Nc3cc(-n4c(C(F)F)nc5ccccc54)nc(N4CCOCC4)n3)C2)N1. The Labute approximate surface area is 217 Å². The number of morpholine rings is 1. The molecule has 0 unspecified atom stereocenters. The number of hydrogen-bond acceptors (Lipinski definition) is 8. The van der Waals surface area contributed by atoms with E-state index in [1.165, 1.54) is 4.57 Å². The molecule has 0 radical (unpaired) electrons. The molecule has 2 aliphatic heterocycles. The van der Waals surface area contributed by atoms with Crippen molar-refractivity contribution in [1.29, 1.82) is 0 Å². The third-order valence-corrected chi connectivity index (χ3v) is 7.15. The summed E-state index contributed by atoms with van der Waals surface area (Å²) in [7, 11) is 0. The quantitative estimate of drug-likeness (QED) is 0.427. The van der Waals surface area contributed by atoms with E-state index in [0.29, 0.717) is 80.6 Å². The van der Waals surface area contributed by atoms with E-state index in [1.54, 1.807) is 30.3 Å². The Kier molecular flexibility index (Phi) is 6.52. The predicted molar refractivity (Wildman–Crippen MR) is 134 cm³/mol. The van der Waals surface area contributed by atoms with Crippen LogP contribution in [0.5, 0.6) is 0 Å². The number of amides is 2. The highest BCUT2D eigenvalue weighted by Crippen LogP contribution is 2.30. The summed E-state index contributed by atoms with van der Waals surface area (Å²) in [5, 5.41) is 9.06. The van der Waals surface area contributed by atoms with Crippen LogP contribution in [0.25, 0.3) is 16.9 Å². The van der Waals surface area contributed by atoms with E-state index in [4.69, 9.17) is 9.72 Å². The number of benzene rings is 1. The van der Waals surface area contributed by atoms with Crippen molar-refractivity contribution < 1.29 is 23.1 Å². The molecule has 3 aromatic rings. The molecule has 2 amide bonds. The highest BCUT2D eigenvalue weighted by Gasteiger charge is 2.34. The van der Waals surface area contributed by atoms with Crippen LogP contribution in [0, 0.1) is 0 Å². The molecular formula is C25H28F2N8O3. The van der Waals surface area contributed by atoms with Crippen molar-refractivity contribution in [3.63, 3.8) is 0 Å². The first kappa shape index (κ1) is 24.5. The van der Waals surface area contributed by atoms with Crippen LogP contribution in [0.15, 0.2) is 30.3 Å². The number of aromatic nitrogens is 4. The van der Waals surface area contributed by atoms with Crippen molar-refractivity contribution in [3.05, 3.63) is 36.2 Å². The summed E-state index contributed by atoms with van der Waals surface area (Å²) in [5.74, 6) is 0.586. The second-order valence-electron chi connectivity index (χ2n) is 9.78. The maximum absolute atomic E-state index is 14.0. The number of halogens is 2. The van der Waals surface area contributed by atoms with E-state index < -0.39 is 12.5 Å². The van der Waals surface area contributed by atoms with E-state index in [-0.39, 0.29) is 29.7 Å². The van der Waals surface area contributed by atoms with Crippen LogP contribution in [-0.4, -0.2) is 75.8 Å². The molecule has 1 aliphatic carbocycles. The Morgan fingerprint density at radius 2 is 1.89 bits per heavy atom. The average Bonchev–Trinajstić information content (AvgIpc) is 3.52. The molecule has 6 rings (SSSR count). The monoisotopic (exact) mass is 526 g/mol. The van der Waals surface area contributed by atoms with Crippen LogP contribution in [0.3, 0.4) is 0 Å². The Morgan fingerprint density at radius 3 is 2.63 bits per heavy atom. The van der Waals surface area contributed by atoms with Crippen LogP contribution in [0.1, 0.15) is 37.9 Å². The van der Waals surface area contributed by atoms with Crippen molar-refractivity contribution in [2.75, 3.05) is 36.5 Å². The summed E-state index contributed by atoms with van der Waals surface area (Å²) < 4.78 is 34.9. The second-order valence-corrected chi connectivity index (χ2v) is 9.78. The van der Waals surface area contributed by atoms with Crippen molar-refractivity contribution >= 4 is 34.6 Å². The number of nitrogens with one attached hydrogen (secondary N) is 3. The molecule has 1 atom stereocenters. The number of para-hydroxylation sites is 2. The van der Waals surface area contributed by atoms with E-state index in [9.17, 15) is 18.4 Å². The van der Waals surface area contributed by atoms with Crippen LogP contribution in [0.4, 0.5) is 20.5 Å². The molecule has 2 aromatic heterocycles. The highest BCUT2D eigenvalue weighted by molar-refractivity contribution is 5.91. The third kappa shape index (κ3) is 4.85. The molecule has 0 spiro atoms. The van der Waals surface area contributed by atoms with E-state index in [1.807, 2.05) is 4.90 Å². The number of ether oxygens (including phenoxy) is 1. The first-order valence-electron chi connectivity index (χ1n) is 12.8. The maximum Gasteiger partial charge on any atom is 0.296 e. The molecule has 38 heavy (non-hydrogen) atoms. The molecule has 13 heteroatoms. The minimum atomic E-state index is -2.79. The normalized spacial score (nSPS) is 23.4. The number of hydrogen-bond donors (Lipinski definition) is 3. The van der Waals surface area contributed by atoms with E-state index >= 15 is 0 Å². The molecule has 1 saturated carbocycles. The van der Waals surface area contributed by atoms with Crippen LogP contribution in [-0.2, 0) is 14.3 Å². The van der Waals surface area contributed by atoms with Gasteiger partial charge in [-0.05, 0) is 31.4 Å². The second kappa shape index (κ2) is 10.1. The zero-order valence-corrected chi connectivity index (χ0v) is 20.6. The van der Waals surface area contributed by atoms with Gasteiger partial charge in [0.25, 0.3) is 6.43 Å². The maximum atomic E-state index is 14.0. The van der Waals surface area contributed by atoms with Gasteiger partial charge in [0, 0.05) is 37.7 Å². The van der Waals surface area contributed by atoms with Gasteiger partial charge in [-0.25, -0.2) is 13.8 Å². The largest absolute Gasteiger partial charge is 0.378 e. The van der Waals surface area contributed by atoms with Gasteiger partial charge >= 0.3 is 0 Å². The number of anilines is 2. The van der Waals surface area contributed by atoms with Gasteiger partial charge < -0.3 is 25.6 Å². The molecule has 1 aromatic carbocycles. The van der Waals surface area contributed by atoms with E-state index in [0.717, 1.165) is 0 Å². The zero-order valence-electron chi connectivity index (χ0n) is 20.6. The molecule has 200 valence electrons. The number of imidazole rings is 1. The Morgan fingerprint density at radius 1 is 1.11 bits per heavy atom. The molecule has 11 nitrogen and oxygen atoms in total. The fourth-order valence-electron chi connectivity index (χ4n) is 5.12. The predicted octanol–water partition coefficient (Wildman–Crippen LogP) is 1.93. The number of alkyl halides is 2. The highest BCUT2D eigenvalue weighted by atomic mass is 19.3. The number of rotatable bonds is 7. The molecular weight excluding hydrogens is 498 g/mol. The topological polar surface area (TPSA) is 126 Å². The Hall–Kier alpha value is -3.87. The minimum absolute atomic E-state index is 0.0134. The van der Waals surface area contributed by atoms with Gasteiger partial charge in [0.1, 0.15) is 17.7 Å². The first-order chi connectivity index (χ1) is 18.4. The number of carbonyl (C=O) groups is 2. The lowest BCUT2D eigenvalue weighted by molar-refractivity contribution is -0.126. The Bertz CT molecular complexity index is 1350.